The van der Waals surface area contributed by atoms with Crippen molar-refractivity contribution in [3.63, 3.8) is 0 Å². The maximum Gasteiger partial charge on any atom is 0.270 e. The topological polar surface area (TPSA) is 81.0 Å². The predicted molar refractivity (Wildman–Crippen MR) is 80.9 cm³/mol. The number of hydrogen-bond acceptors (Lipinski definition) is 7. The molecule has 0 saturated carbocycles. The van der Waals surface area contributed by atoms with Crippen LogP contribution in [0.25, 0.3) is 0 Å². The molecule has 1 heterocycles. The van der Waals surface area contributed by atoms with Gasteiger partial charge in [-0.25, -0.2) is 0 Å². The van der Waals surface area contributed by atoms with Crippen molar-refractivity contribution in [2.45, 2.75) is 29.1 Å². The molecule has 1 aromatic heterocycles. The highest BCUT2D eigenvalue weighted by Gasteiger charge is 2.13. The van der Waals surface area contributed by atoms with E-state index in [-0.39, 0.29) is 11.7 Å². The first-order valence-electron chi connectivity index (χ1n) is 5.67. The highest BCUT2D eigenvalue weighted by atomic mass is 35.5. The average Bonchev–Trinajstić information content (AvgIpc) is 2.78. The Bertz CT molecular complexity index is 633. The van der Waals surface area contributed by atoms with Gasteiger partial charge in [0.05, 0.1) is 9.95 Å². The summed E-state index contributed by atoms with van der Waals surface area (Å²) in [5.41, 5.74) is -0.0289. The summed E-state index contributed by atoms with van der Waals surface area (Å²) in [6.07, 6.45) is 0. The van der Waals surface area contributed by atoms with Crippen LogP contribution >= 0.6 is 34.7 Å². The van der Waals surface area contributed by atoms with Crippen LogP contribution < -0.4 is 5.32 Å². The summed E-state index contributed by atoms with van der Waals surface area (Å²) < 4.78 is 0.726. The molecule has 0 fully saturated rings. The maximum atomic E-state index is 10.6. The summed E-state index contributed by atoms with van der Waals surface area (Å²) in [4.78, 5) is 10.9. The van der Waals surface area contributed by atoms with E-state index in [0.717, 1.165) is 9.47 Å². The second-order valence-electron chi connectivity index (χ2n) is 4.15. The SMILES string of the molecule is CC(C)Nc1nnc(Sc2ccc([N+](=O)[O-])cc2Cl)s1. The van der Waals surface area contributed by atoms with Crippen molar-refractivity contribution < 1.29 is 4.92 Å². The summed E-state index contributed by atoms with van der Waals surface area (Å²) in [6.45, 7) is 4.03. The lowest BCUT2D eigenvalue weighted by Gasteiger charge is -2.03. The van der Waals surface area contributed by atoms with Gasteiger partial charge in [-0.2, -0.15) is 0 Å². The van der Waals surface area contributed by atoms with Crippen molar-refractivity contribution in [1.29, 1.82) is 0 Å². The second kappa shape index (κ2) is 6.38. The van der Waals surface area contributed by atoms with Crippen molar-refractivity contribution >= 4 is 45.5 Å². The molecule has 0 unspecified atom stereocenters. The molecule has 0 aliphatic heterocycles. The Balaban J connectivity index is 2.13. The van der Waals surface area contributed by atoms with Gasteiger partial charge in [0.15, 0.2) is 4.34 Å². The molecule has 0 radical (unpaired) electrons. The van der Waals surface area contributed by atoms with Crippen LogP contribution in [0.2, 0.25) is 5.02 Å². The number of nitro groups is 1. The summed E-state index contributed by atoms with van der Waals surface area (Å²) in [5, 5.41) is 22.9. The van der Waals surface area contributed by atoms with Crippen molar-refractivity contribution in [1.82, 2.24) is 10.2 Å². The molecule has 2 rings (SSSR count). The number of aromatic nitrogens is 2. The molecular formula is C11H11ClN4O2S2. The minimum atomic E-state index is -0.476. The van der Waals surface area contributed by atoms with Gasteiger partial charge in [0.2, 0.25) is 5.13 Å². The Labute approximate surface area is 128 Å². The molecule has 2 aromatic rings. The van der Waals surface area contributed by atoms with Crippen molar-refractivity contribution in [3.8, 4) is 0 Å². The van der Waals surface area contributed by atoms with E-state index in [1.165, 1.54) is 35.2 Å². The lowest BCUT2D eigenvalue weighted by Crippen LogP contribution is -2.08. The summed E-state index contributed by atoms with van der Waals surface area (Å²) in [6, 6.07) is 4.65. The van der Waals surface area contributed by atoms with Crippen LogP contribution in [0.3, 0.4) is 0 Å². The van der Waals surface area contributed by atoms with Crippen LogP contribution in [0.4, 0.5) is 10.8 Å². The summed E-state index contributed by atoms with van der Waals surface area (Å²) in [7, 11) is 0. The number of nitrogens with zero attached hydrogens (tertiary/aromatic N) is 3. The third-order valence-corrected chi connectivity index (χ3v) is 4.55. The molecule has 1 N–H and O–H groups in total. The first kappa shape index (κ1) is 15.0. The van der Waals surface area contributed by atoms with E-state index < -0.39 is 4.92 Å². The van der Waals surface area contributed by atoms with Crippen molar-refractivity contribution in [2.24, 2.45) is 0 Å². The number of rotatable bonds is 5. The van der Waals surface area contributed by atoms with Gasteiger partial charge in [-0.1, -0.05) is 34.7 Å². The zero-order chi connectivity index (χ0) is 14.7. The predicted octanol–water partition coefficient (Wildman–Crippen LogP) is 4.07. The van der Waals surface area contributed by atoms with E-state index >= 15 is 0 Å². The third-order valence-electron chi connectivity index (χ3n) is 2.14. The highest BCUT2D eigenvalue weighted by molar-refractivity contribution is 8.01. The normalized spacial score (nSPS) is 10.8. The van der Waals surface area contributed by atoms with Gasteiger partial charge in [-0.3, -0.25) is 10.1 Å². The van der Waals surface area contributed by atoms with Crippen LogP contribution in [0.1, 0.15) is 13.8 Å². The van der Waals surface area contributed by atoms with Crippen molar-refractivity contribution in [3.05, 3.63) is 33.3 Å². The van der Waals surface area contributed by atoms with Crippen LogP contribution in [0.5, 0.6) is 0 Å². The Morgan fingerprint density at radius 2 is 2.20 bits per heavy atom. The molecule has 0 spiro atoms. The number of nitrogens with one attached hydrogen (secondary N) is 1. The van der Waals surface area contributed by atoms with E-state index in [1.54, 1.807) is 6.07 Å². The molecule has 1 aromatic carbocycles. The van der Waals surface area contributed by atoms with E-state index in [2.05, 4.69) is 15.5 Å². The van der Waals surface area contributed by atoms with Gasteiger partial charge >= 0.3 is 0 Å². The standard InChI is InChI=1S/C11H11ClN4O2S2/c1-6(2)13-10-14-15-11(20-10)19-9-4-3-7(16(17)18)5-8(9)12/h3-6H,1-2H3,(H,13,14). The number of hydrogen-bond donors (Lipinski definition) is 1. The van der Waals surface area contributed by atoms with Crippen molar-refractivity contribution in [2.75, 3.05) is 5.32 Å². The zero-order valence-electron chi connectivity index (χ0n) is 10.7. The summed E-state index contributed by atoms with van der Waals surface area (Å²) in [5.74, 6) is 0. The molecule has 0 bridgehead atoms. The summed E-state index contributed by atoms with van der Waals surface area (Å²) >= 11 is 8.78. The molecule has 9 heteroatoms. The fraction of sp³-hybridized carbons (Fsp3) is 0.273. The van der Waals surface area contributed by atoms with Crippen LogP contribution in [0.15, 0.2) is 27.4 Å². The molecule has 106 valence electrons. The number of benzene rings is 1. The maximum absolute atomic E-state index is 10.6. The second-order valence-corrected chi connectivity index (χ2v) is 6.82. The Morgan fingerprint density at radius 3 is 2.80 bits per heavy atom. The monoisotopic (exact) mass is 330 g/mol. The van der Waals surface area contributed by atoms with Crippen LogP contribution in [-0.2, 0) is 0 Å². The lowest BCUT2D eigenvalue weighted by molar-refractivity contribution is -0.384. The molecule has 0 amide bonds. The van der Waals surface area contributed by atoms with Crippen LogP contribution in [-0.4, -0.2) is 21.2 Å². The molecule has 0 aliphatic rings. The zero-order valence-corrected chi connectivity index (χ0v) is 13.1. The quantitative estimate of drug-likeness (QED) is 0.657. The van der Waals surface area contributed by atoms with Gasteiger partial charge < -0.3 is 5.32 Å². The number of non-ortho nitro benzene ring substituents is 1. The number of halogens is 1. The lowest BCUT2D eigenvalue weighted by atomic mass is 10.3. The van der Waals surface area contributed by atoms with Gasteiger partial charge in [-0.15, -0.1) is 10.2 Å². The Hall–Kier alpha value is -1.38. The van der Waals surface area contributed by atoms with Gasteiger partial charge in [0, 0.05) is 23.1 Å². The fourth-order valence-electron chi connectivity index (χ4n) is 1.34. The molecule has 0 aliphatic carbocycles. The van der Waals surface area contributed by atoms with Crippen LogP contribution in [0, 0.1) is 10.1 Å². The number of anilines is 1. The molecule has 0 atom stereocenters. The Kier molecular flexibility index (Phi) is 4.79. The molecular weight excluding hydrogens is 320 g/mol. The van der Waals surface area contributed by atoms with E-state index in [4.69, 9.17) is 11.6 Å². The van der Waals surface area contributed by atoms with Gasteiger partial charge in [-0.05, 0) is 19.9 Å². The first-order valence-corrected chi connectivity index (χ1v) is 7.68. The molecule has 0 saturated heterocycles. The third kappa shape index (κ3) is 3.81. The fourth-order valence-corrected chi connectivity index (χ4v) is 3.49. The van der Waals surface area contributed by atoms with Gasteiger partial charge in [0.25, 0.3) is 5.69 Å². The Morgan fingerprint density at radius 1 is 1.45 bits per heavy atom. The number of nitro benzene ring substituents is 1. The highest BCUT2D eigenvalue weighted by Crippen LogP contribution is 2.37. The molecule has 6 nitrogen and oxygen atoms in total. The largest absolute Gasteiger partial charge is 0.358 e. The van der Waals surface area contributed by atoms with E-state index in [1.807, 2.05) is 13.8 Å². The minimum absolute atomic E-state index is 0.0289. The van der Waals surface area contributed by atoms with E-state index in [0.29, 0.717) is 9.92 Å². The average molecular weight is 331 g/mol. The minimum Gasteiger partial charge on any atom is -0.358 e. The molecule has 20 heavy (non-hydrogen) atoms. The smallest absolute Gasteiger partial charge is 0.270 e. The van der Waals surface area contributed by atoms with Gasteiger partial charge in [0.1, 0.15) is 0 Å². The first-order chi connectivity index (χ1) is 9.45. The van der Waals surface area contributed by atoms with E-state index in [9.17, 15) is 10.1 Å².